The highest BCUT2D eigenvalue weighted by Gasteiger charge is 2.40. The van der Waals surface area contributed by atoms with Crippen LogP contribution >= 0.6 is 15.9 Å². The van der Waals surface area contributed by atoms with Gasteiger partial charge in [0.05, 0.1) is 4.83 Å². The van der Waals surface area contributed by atoms with Crippen molar-refractivity contribution in [2.75, 3.05) is 6.54 Å². The van der Waals surface area contributed by atoms with Crippen LogP contribution in [-0.4, -0.2) is 27.7 Å². The van der Waals surface area contributed by atoms with Gasteiger partial charge < -0.3 is 4.90 Å². The second kappa shape index (κ2) is 3.84. The molecule has 2 fully saturated rings. The first-order valence-electron chi connectivity index (χ1n) is 5.59. The summed E-state index contributed by atoms with van der Waals surface area (Å²) in [7, 11) is 0. The average Bonchev–Trinajstić information content (AvgIpc) is 2.58. The lowest BCUT2D eigenvalue weighted by atomic mass is 9.94. The number of alkyl halides is 1. The Balaban J connectivity index is 2.12. The zero-order valence-corrected chi connectivity index (χ0v) is 10.3. The van der Waals surface area contributed by atoms with Crippen LogP contribution in [0.5, 0.6) is 0 Å². The molecule has 0 N–H and O–H groups in total. The van der Waals surface area contributed by atoms with Crippen molar-refractivity contribution in [2.24, 2.45) is 0 Å². The van der Waals surface area contributed by atoms with Gasteiger partial charge in [0.25, 0.3) is 0 Å². The Labute approximate surface area is 94.2 Å². The van der Waals surface area contributed by atoms with Crippen LogP contribution in [0.25, 0.3) is 0 Å². The lowest BCUT2D eigenvalue weighted by molar-refractivity contribution is -0.138. The van der Waals surface area contributed by atoms with Gasteiger partial charge in [-0.2, -0.15) is 0 Å². The summed E-state index contributed by atoms with van der Waals surface area (Å²) >= 11 is 3.47. The van der Waals surface area contributed by atoms with Crippen molar-refractivity contribution in [3.8, 4) is 0 Å². The van der Waals surface area contributed by atoms with Gasteiger partial charge in [0.2, 0.25) is 5.91 Å². The topological polar surface area (TPSA) is 20.3 Å². The molecular weight excluding hydrogens is 242 g/mol. The van der Waals surface area contributed by atoms with E-state index in [9.17, 15) is 4.79 Å². The van der Waals surface area contributed by atoms with Crippen LogP contribution in [-0.2, 0) is 4.79 Å². The summed E-state index contributed by atoms with van der Waals surface area (Å²) in [6.45, 7) is 3.22. The lowest BCUT2D eigenvalue weighted by Crippen LogP contribution is -2.53. The third-order valence-electron chi connectivity index (χ3n) is 3.71. The van der Waals surface area contributed by atoms with Crippen LogP contribution in [0.15, 0.2) is 0 Å². The fourth-order valence-electron chi connectivity index (χ4n) is 2.77. The van der Waals surface area contributed by atoms with E-state index in [0.717, 1.165) is 19.4 Å². The Kier molecular flexibility index (Phi) is 2.87. The Hall–Kier alpha value is -0.0500. The van der Waals surface area contributed by atoms with Gasteiger partial charge in [0, 0.05) is 12.1 Å². The van der Waals surface area contributed by atoms with Crippen LogP contribution in [0.1, 0.15) is 45.4 Å². The first-order valence-corrected chi connectivity index (χ1v) is 6.51. The number of carbonyl (C=O) groups excluding carboxylic acids is 1. The number of halogens is 1. The molecule has 14 heavy (non-hydrogen) atoms. The van der Waals surface area contributed by atoms with Gasteiger partial charge in [0.15, 0.2) is 0 Å². The van der Waals surface area contributed by atoms with E-state index in [-0.39, 0.29) is 10.4 Å². The van der Waals surface area contributed by atoms with Crippen molar-refractivity contribution >= 4 is 21.8 Å². The Bertz CT molecular complexity index is 235. The number of hydrogen-bond acceptors (Lipinski definition) is 1. The number of carbonyl (C=O) groups is 1. The molecule has 1 amide bonds. The molecule has 2 aliphatic rings. The minimum Gasteiger partial charge on any atom is -0.336 e. The van der Waals surface area contributed by atoms with E-state index in [1.54, 1.807) is 0 Å². The highest BCUT2D eigenvalue weighted by Crippen LogP contribution is 2.37. The van der Waals surface area contributed by atoms with E-state index in [1.165, 1.54) is 25.7 Å². The minimum absolute atomic E-state index is 0.0775. The number of amides is 1. The Morgan fingerprint density at radius 2 is 2.00 bits per heavy atom. The van der Waals surface area contributed by atoms with Gasteiger partial charge in [-0.05, 0) is 32.6 Å². The van der Waals surface area contributed by atoms with E-state index < -0.39 is 0 Å². The van der Waals surface area contributed by atoms with Crippen molar-refractivity contribution in [1.29, 1.82) is 0 Å². The largest absolute Gasteiger partial charge is 0.336 e. The molecule has 0 aromatic heterocycles. The zero-order valence-electron chi connectivity index (χ0n) is 8.76. The molecule has 2 nitrogen and oxygen atoms in total. The van der Waals surface area contributed by atoms with Crippen molar-refractivity contribution < 1.29 is 4.79 Å². The second-order valence-electron chi connectivity index (χ2n) is 4.80. The molecule has 80 valence electrons. The molecule has 0 aromatic carbocycles. The molecule has 1 saturated carbocycles. The summed E-state index contributed by atoms with van der Waals surface area (Å²) in [5.41, 5.74) is 0.170. The van der Waals surface area contributed by atoms with Crippen molar-refractivity contribution in [2.45, 2.75) is 55.8 Å². The highest BCUT2D eigenvalue weighted by atomic mass is 79.9. The van der Waals surface area contributed by atoms with E-state index >= 15 is 0 Å². The summed E-state index contributed by atoms with van der Waals surface area (Å²) < 4.78 is 0. The lowest BCUT2D eigenvalue weighted by Gasteiger charge is -2.42. The number of piperidine rings is 1. The van der Waals surface area contributed by atoms with Gasteiger partial charge >= 0.3 is 0 Å². The highest BCUT2D eigenvalue weighted by molar-refractivity contribution is 9.10. The first-order chi connectivity index (χ1) is 6.63. The number of nitrogens with zero attached hydrogens (tertiary/aromatic N) is 1. The third-order valence-corrected chi connectivity index (χ3v) is 4.56. The molecule has 1 aliphatic carbocycles. The molecule has 1 saturated heterocycles. The maximum atomic E-state index is 12.0. The predicted octanol–water partition coefficient (Wildman–Crippen LogP) is 2.71. The molecule has 0 radical (unpaired) electrons. The molecule has 1 aliphatic heterocycles. The van der Waals surface area contributed by atoms with Crippen LogP contribution in [0.4, 0.5) is 0 Å². The SMILES string of the molecule is CC1(N2CCCC(Br)C2=O)CCCC1. The third kappa shape index (κ3) is 1.71. The summed E-state index contributed by atoms with van der Waals surface area (Å²) in [5, 5.41) is 0. The molecule has 1 heterocycles. The van der Waals surface area contributed by atoms with Crippen LogP contribution in [0.3, 0.4) is 0 Å². The second-order valence-corrected chi connectivity index (χ2v) is 5.91. The van der Waals surface area contributed by atoms with Gasteiger partial charge in [0.1, 0.15) is 0 Å². The number of likely N-dealkylation sites (tertiary alicyclic amines) is 1. The number of rotatable bonds is 1. The standard InChI is InChI=1S/C11H18BrNO/c1-11(6-2-3-7-11)13-8-4-5-9(12)10(13)14/h9H,2-8H2,1H3. The van der Waals surface area contributed by atoms with Crippen molar-refractivity contribution in [1.82, 2.24) is 4.90 Å². The van der Waals surface area contributed by atoms with Crippen LogP contribution in [0, 0.1) is 0 Å². The quantitative estimate of drug-likeness (QED) is 0.664. The zero-order chi connectivity index (χ0) is 10.2. The van der Waals surface area contributed by atoms with Crippen molar-refractivity contribution in [3.05, 3.63) is 0 Å². The van der Waals surface area contributed by atoms with Crippen molar-refractivity contribution in [3.63, 3.8) is 0 Å². The van der Waals surface area contributed by atoms with Gasteiger partial charge in [-0.15, -0.1) is 0 Å². The summed E-state index contributed by atoms with van der Waals surface area (Å²) in [5.74, 6) is 0.320. The summed E-state index contributed by atoms with van der Waals surface area (Å²) in [4.78, 5) is 14.2. The van der Waals surface area contributed by atoms with Crippen LogP contribution in [0.2, 0.25) is 0 Å². The van der Waals surface area contributed by atoms with Gasteiger partial charge in [-0.25, -0.2) is 0 Å². The van der Waals surface area contributed by atoms with Crippen LogP contribution < -0.4 is 0 Å². The molecule has 2 rings (SSSR count). The fraction of sp³-hybridized carbons (Fsp3) is 0.909. The van der Waals surface area contributed by atoms with Gasteiger partial charge in [-0.1, -0.05) is 28.8 Å². The Morgan fingerprint density at radius 1 is 1.36 bits per heavy atom. The normalized spacial score (nSPS) is 32.3. The maximum absolute atomic E-state index is 12.0. The number of hydrogen-bond donors (Lipinski definition) is 0. The summed E-state index contributed by atoms with van der Waals surface area (Å²) in [6, 6.07) is 0. The summed E-state index contributed by atoms with van der Waals surface area (Å²) in [6.07, 6.45) is 7.11. The Morgan fingerprint density at radius 3 is 2.64 bits per heavy atom. The molecule has 0 spiro atoms. The smallest absolute Gasteiger partial charge is 0.236 e. The maximum Gasteiger partial charge on any atom is 0.236 e. The molecule has 1 atom stereocenters. The average molecular weight is 260 g/mol. The molecule has 0 bridgehead atoms. The van der Waals surface area contributed by atoms with E-state index in [1.807, 2.05) is 0 Å². The van der Waals surface area contributed by atoms with E-state index in [4.69, 9.17) is 0 Å². The fourth-order valence-corrected chi connectivity index (χ4v) is 3.34. The van der Waals surface area contributed by atoms with E-state index in [2.05, 4.69) is 27.8 Å². The molecule has 1 unspecified atom stereocenters. The predicted molar refractivity (Wildman–Crippen MR) is 60.5 cm³/mol. The minimum atomic E-state index is 0.0775. The molecule has 3 heteroatoms. The van der Waals surface area contributed by atoms with Gasteiger partial charge in [-0.3, -0.25) is 4.79 Å². The monoisotopic (exact) mass is 259 g/mol. The first kappa shape index (κ1) is 10.5. The molecular formula is C11H18BrNO. The van der Waals surface area contributed by atoms with E-state index in [0.29, 0.717) is 5.91 Å². The molecule has 0 aromatic rings.